The highest BCUT2D eigenvalue weighted by Crippen LogP contribution is 2.35. The van der Waals surface area contributed by atoms with Gasteiger partial charge >= 0.3 is 6.03 Å². The molecule has 9 heteroatoms. The highest BCUT2D eigenvalue weighted by Gasteiger charge is 2.56. The molecule has 0 radical (unpaired) electrons. The monoisotopic (exact) mass is 476 g/mol. The minimum Gasteiger partial charge on any atom is -0.457 e. The van der Waals surface area contributed by atoms with Crippen molar-refractivity contribution in [1.82, 2.24) is 20.4 Å². The Morgan fingerprint density at radius 1 is 0.800 bits per heavy atom. The number of nitrogens with one attached hydrogen (secondary N) is 2. The number of urea groups is 1. The van der Waals surface area contributed by atoms with Crippen molar-refractivity contribution in [1.29, 1.82) is 0 Å². The predicted molar refractivity (Wildman–Crippen MR) is 126 cm³/mol. The smallest absolute Gasteiger partial charge is 0.328 e. The molecule has 182 valence electrons. The van der Waals surface area contributed by atoms with E-state index in [0.29, 0.717) is 49.7 Å². The summed E-state index contributed by atoms with van der Waals surface area (Å²) in [7, 11) is 0. The number of para-hydroxylation sites is 1. The number of carbonyl (C=O) groups is 4. The molecule has 0 spiro atoms. The first kappa shape index (κ1) is 23.0. The predicted octanol–water partition coefficient (Wildman–Crippen LogP) is 2.37. The van der Waals surface area contributed by atoms with Gasteiger partial charge in [-0.3, -0.25) is 29.9 Å². The van der Waals surface area contributed by atoms with E-state index in [9.17, 15) is 19.2 Å². The molecule has 2 aromatic carbocycles. The topological polar surface area (TPSA) is 108 Å². The highest BCUT2D eigenvalue weighted by molar-refractivity contribution is 6.22. The van der Waals surface area contributed by atoms with Gasteiger partial charge in [0.2, 0.25) is 11.4 Å². The van der Waals surface area contributed by atoms with Gasteiger partial charge in [0.15, 0.2) is 0 Å². The zero-order chi connectivity index (χ0) is 24.4. The molecule has 0 atom stereocenters. The Hall–Kier alpha value is -3.72. The van der Waals surface area contributed by atoms with Crippen molar-refractivity contribution in [2.45, 2.75) is 31.2 Å². The molecular weight excluding hydrogens is 448 g/mol. The van der Waals surface area contributed by atoms with Crippen LogP contribution in [0.3, 0.4) is 0 Å². The fraction of sp³-hybridized carbons (Fsp3) is 0.385. The maximum Gasteiger partial charge on any atom is 0.328 e. The lowest BCUT2D eigenvalue weighted by Crippen LogP contribution is -2.71. The summed E-state index contributed by atoms with van der Waals surface area (Å²) < 4.78 is 5.86. The molecule has 0 bridgehead atoms. The molecule has 9 nitrogen and oxygen atoms in total. The third-order valence-electron chi connectivity index (χ3n) is 7.10. The second-order valence-electron chi connectivity index (χ2n) is 9.18. The fourth-order valence-corrected chi connectivity index (χ4v) is 5.03. The van der Waals surface area contributed by atoms with Crippen LogP contribution < -0.4 is 15.4 Å². The van der Waals surface area contributed by atoms with Crippen LogP contribution in [0.25, 0.3) is 0 Å². The molecule has 2 aliphatic heterocycles. The molecule has 2 N–H and O–H groups in total. The van der Waals surface area contributed by atoms with Crippen molar-refractivity contribution in [2.75, 3.05) is 26.2 Å². The number of barbiturate groups is 1. The second-order valence-corrected chi connectivity index (χ2v) is 9.18. The number of carbonyl (C=O) groups excluding carboxylic acids is 4. The molecule has 2 aromatic rings. The van der Waals surface area contributed by atoms with Crippen molar-refractivity contribution in [3.63, 3.8) is 0 Å². The Labute approximate surface area is 203 Å². The van der Waals surface area contributed by atoms with Crippen LogP contribution in [0.4, 0.5) is 4.79 Å². The van der Waals surface area contributed by atoms with Gasteiger partial charge in [0.1, 0.15) is 11.5 Å². The Kier molecular flexibility index (Phi) is 6.25. The van der Waals surface area contributed by atoms with Gasteiger partial charge in [-0.15, -0.1) is 0 Å². The van der Waals surface area contributed by atoms with Crippen molar-refractivity contribution < 1.29 is 23.9 Å². The minimum absolute atomic E-state index is 0.0894. The summed E-state index contributed by atoms with van der Waals surface area (Å²) in [5, 5.41) is 4.56. The minimum atomic E-state index is -1.73. The lowest BCUT2D eigenvalue weighted by molar-refractivity contribution is -0.148. The molecule has 5 amide bonds. The molecule has 5 rings (SSSR count). The molecule has 1 aliphatic carbocycles. The molecule has 0 unspecified atom stereocenters. The standard InChI is InChI=1S/C26H28N4O5/c31-22(18-6-4-7-18)29-14-5-15-30(17-16-29)26(23(32)27-25(34)28-24(26)33)19-10-12-21(13-11-19)35-20-8-2-1-3-9-20/h1-3,8-13,18H,4-7,14-17H2,(H2,27,28,32,33,34). The van der Waals surface area contributed by atoms with E-state index < -0.39 is 23.4 Å². The molecule has 35 heavy (non-hydrogen) atoms. The molecule has 1 saturated carbocycles. The number of imide groups is 2. The normalized spacial score (nSPS) is 20.9. The van der Waals surface area contributed by atoms with Gasteiger partial charge in [-0.25, -0.2) is 4.79 Å². The summed E-state index contributed by atoms with van der Waals surface area (Å²) in [4.78, 5) is 55.1. The van der Waals surface area contributed by atoms with Gasteiger partial charge in [-0.1, -0.05) is 36.8 Å². The second kappa shape index (κ2) is 9.50. The maximum atomic E-state index is 13.4. The molecular formula is C26H28N4O5. The fourth-order valence-electron chi connectivity index (χ4n) is 5.03. The average Bonchev–Trinajstić information content (AvgIpc) is 3.06. The van der Waals surface area contributed by atoms with Crippen LogP contribution in [0.1, 0.15) is 31.2 Å². The first-order chi connectivity index (χ1) is 17.0. The van der Waals surface area contributed by atoms with Crippen LogP contribution in [-0.2, 0) is 19.9 Å². The summed E-state index contributed by atoms with van der Waals surface area (Å²) in [5.41, 5.74) is -1.30. The quantitative estimate of drug-likeness (QED) is 0.642. The van der Waals surface area contributed by atoms with E-state index in [1.807, 2.05) is 35.2 Å². The number of ether oxygens (including phenoxy) is 1. The lowest BCUT2D eigenvalue weighted by Gasteiger charge is -2.42. The van der Waals surface area contributed by atoms with Crippen LogP contribution in [-0.4, -0.2) is 59.7 Å². The number of benzene rings is 2. The molecule has 3 aliphatic rings. The number of amides is 5. The van der Waals surface area contributed by atoms with Crippen LogP contribution in [0.15, 0.2) is 54.6 Å². The number of rotatable bonds is 5. The van der Waals surface area contributed by atoms with E-state index in [1.54, 1.807) is 29.2 Å². The Balaban J connectivity index is 1.43. The van der Waals surface area contributed by atoms with Gasteiger partial charge in [-0.2, -0.15) is 0 Å². The van der Waals surface area contributed by atoms with Crippen molar-refractivity contribution in [2.24, 2.45) is 5.92 Å². The van der Waals surface area contributed by atoms with Crippen LogP contribution >= 0.6 is 0 Å². The third-order valence-corrected chi connectivity index (χ3v) is 7.10. The molecule has 2 saturated heterocycles. The number of hydrogen-bond donors (Lipinski definition) is 2. The van der Waals surface area contributed by atoms with Crippen LogP contribution in [0, 0.1) is 5.92 Å². The molecule has 0 aromatic heterocycles. The first-order valence-electron chi connectivity index (χ1n) is 12.0. The summed E-state index contributed by atoms with van der Waals surface area (Å²) in [6.07, 6.45) is 3.54. The Morgan fingerprint density at radius 2 is 1.46 bits per heavy atom. The Morgan fingerprint density at radius 3 is 2.09 bits per heavy atom. The maximum absolute atomic E-state index is 13.4. The summed E-state index contributed by atoms with van der Waals surface area (Å²) in [6.45, 7) is 1.75. The van der Waals surface area contributed by atoms with E-state index >= 15 is 0 Å². The van der Waals surface area contributed by atoms with Gasteiger partial charge in [0.25, 0.3) is 11.8 Å². The number of nitrogens with zero attached hydrogens (tertiary/aromatic N) is 2. The van der Waals surface area contributed by atoms with Crippen LogP contribution in [0.2, 0.25) is 0 Å². The van der Waals surface area contributed by atoms with Crippen LogP contribution in [0.5, 0.6) is 11.5 Å². The SMILES string of the molecule is O=C1NC(=O)C(c2ccc(Oc3ccccc3)cc2)(N2CCCN(C(=O)C3CCC3)CC2)C(=O)N1. The summed E-state index contributed by atoms with van der Waals surface area (Å²) in [5.74, 6) is 0.0748. The summed E-state index contributed by atoms with van der Waals surface area (Å²) >= 11 is 0. The highest BCUT2D eigenvalue weighted by atomic mass is 16.5. The van der Waals surface area contributed by atoms with Crippen molar-refractivity contribution in [3.8, 4) is 11.5 Å². The van der Waals surface area contributed by atoms with Gasteiger partial charge in [-0.05, 0) is 49.1 Å². The van der Waals surface area contributed by atoms with E-state index in [4.69, 9.17) is 4.74 Å². The third kappa shape index (κ3) is 4.27. The number of hydrogen-bond acceptors (Lipinski definition) is 6. The molecule has 2 heterocycles. The van der Waals surface area contributed by atoms with Gasteiger partial charge in [0.05, 0.1) is 0 Å². The lowest BCUT2D eigenvalue weighted by atomic mass is 9.84. The largest absolute Gasteiger partial charge is 0.457 e. The zero-order valence-corrected chi connectivity index (χ0v) is 19.4. The van der Waals surface area contributed by atoms with Gasteiger partial charge < -0.3 is 9.64 Å². The van der Waals surface area contributed by atoms with E-state index in [1.165, 1.54) is 0 Å². The molecule has 3 fully saturated rings. The summed E-state index contributed by atoms with van der Waals surface area (Å²) in [6, 6.07) is 15.2. The van der Waals surface area contributed by atoms with E-state index in [0.717, 1.165) is 19.3 Å². The van der Waals surface area contributed by atoms with Gasteiger partial charge in [0, 0.05) is 32.1 Å². The van der Waals surface area contributed by atoms with Crippen molar-refractivity contribution in [3.05, 3.63) is 60.2 Å². The first-order valence-corrected chi connectivity index (χ1v) is 12.0. The van der Waals surface area contributed by atoms with E-state index in [-0.39, 0.29) is 11.8 Å². The average molecular weight is 477 g/mol. The zero-order valence-electron chi connectivity index (χ0n) is 19.4. The van der Waals surface area contributed by atoms with Crippen molar-refractivity contribution >= 4 is 23.8 Å². The Bertz CT molecular complexity index is 1110. The van der Waals surface area contributed by atoms with E-state index in [2.05, 4.69) is 10.6 Å².